The van der Waals surface area contributed by atoms with Crippen molar-refractivity contribution in [2.24, 2.45) is 16.5 Å². The van der Waals surface area contributed by atoms with Crippen molar-refractivity contribution < 1.29 is 57.6 Å². The lowest BCUT2D eigenvalue weighted by Crippen LogP contribution is -2.50. The summed E-state index contributed by atoms with van der Waals surface area (Å²) in [6, 6.07) is 0.811. The maximum atomic E-state index is 12.4. The van der Waals surface area contributed by atoms with Gasteiger partial charge in [-0.2, -0.15) is 22.8 Å². The highest BCUT2D eigenvalue weighted by Gasteiger charge is 2.49. The van der Waals surface area contributed by atoms with Gasteiger partial charge in [0.1, 0.15) is 22.9 Å². The number of quaternary nitrogens is 1. The second kappa shape index (κ2) is 30.1. The minimum atomic E-state index is -4.99. The van der Waals surface area contributed by atoms with E-state index < -0.39 is 44.9 Å². The van der Waals surface area contributed by atoms with Crippen molar-refractivity contribution in [1.29, 1.82) is 0 Å². The van der Waals surface area contributed by atoms with Crippen LogP contribution in [0.2, 0.25) is 0 Å². The topological polar surface area (TPSA) is 318 Å². The molecule has 4 saturated heterocycles. The molecule has 0 aliphatic carbocycles. The molecule has 4 fully saturated rings. The van der Waals surface area contributed by atoms with Gasteiger partial charge in [-0.15, -0.1) is 4.28 Å². The molecule has 4 bridgehead atoms. The normalized spacial score (nSPS) is 19.7. The van der Waals surface area contributed by atoms with Gasteiger partial charge >= 0.3 is 22.5 Å². The molecular weight excluding hydrogens is 989 g/mol. The quantitative estimate of drug-likeness (QED) is 0.0153. The molecule has 6 rings (SSSR count). The highest BCUT2D eigenvalue weighted by Crippen LogP contribution is 2.40. The zero-order valence-corrected chi connectivity index (χ0v) is 45.4. The lowest BCUT2D eigenvalue weighted by molar-refractivity contribution is -0.929. The fourth-order valence-corrected chi connectivity index (χ4v) is 10.4. The molecule has 0 radical (unpaired) electrons. The predicted octanol–water partition coefficient (Wildman–Crippen LogP) is 5.60. The Morgan fingerprint density at radius 3 is 1.67 bits per heavy atom. The van der Waals surface area contributed by atoms with Crippen LogP contribution in [0.4, 0.5) is 9.59 Å². The van der Waals surface area contributed by atoms with Crippen LogP contribution in [0.25, 0.3) is 0 Å². The second-order valence-electron chi connectivity index (χ2n) is 19.4. The lowest BCUT2D eigenvalue weighted by Gasteiger charge is -2.39. The number of nitrogens with one attached hydrogen (secondary N) is 2. The van der Waals surface area contributed by atoms with E-state index in [2.05, 4.69) is 68.8 Å². The summed E-state index contributed by atoms with van der Waals surface area (Å²) in [6.07, 6.45) is 17.6. The molecule has 0 aromatic carbocycles. The van der Waals surface area contributed by atoms with Crippen LogP contribution < -0.4 is 22.1 Å². The Balaban J connectivity index is 0.000000246. The van der Waals surface area contributed by atoms with E-state index in [4.69, 9.17) is 25.1 Å². The number of guanidine groups is 1. The van der Waals surface area contributed by atoms with E-state index in [9.17, 15) is 31.0 Å². The number of aromatic nitrogens is 2. The Kier molecular flexibility index (Phi) is 25.1. The van der Waals surface area contributed by atoms with Crippen LogP contribution in [0.15, 0.2) is 38.4 Å². The van der Waals surface area contributed by atoms with Gasteiger partial charge in [-0.1, -0.05) is 76.7 Å². The van der Waals surface area contributed by atoms with Gasteiger partial charge in [0.25, 0.3) is 0 Å². The molecule has 26 heteroatoms. The zero-order valence-electron chi connectivity index (χ0n) is 43.7. The van der Waals surface area contributed by atoms with Crippen molar-refractivity contribution in [1.82, 2.24) is 40.9 Å². The number of allylic oxidation sites excluding steroid dienone is 1. The standard InChI is InChI=1S/C17H26N4O6S.C16H36N.C14H23N7O6S/c1-12(2)18-9-5-3-4-6-14-10-15(19-26-14)16-8-7-13-11-20(16)17(22)21(13)27-28(23,24)25;1-5-9-13-17(14-10-6-2,15-11-7-3)16-12-8-4;15-13(16)18-6-5-17-4-3-10-7-11(19-26-10)12-2-1-9-8-20(12)14(22)21(9)27-28(23,24)25/h10,13,16,18H,1,3-9,11H2,2H3,(H,23,24,25);5-16H2,1-4H3;7,9,12,17H,1-6,8H2,(H4,15,16,18)(H,23,24,25)/q;+1;/p-1/t13-,16+;;9-,12+/m1.1/s1. The highest BCUT2D eigenvalue weighted by molar-refractivity contribution is 7.81. The molecule has 7 N–H and O–H groups in total. The fourth-order valence-electron chi connectivity index (χ4n) is 9.63. The van der Waals surface area contributed by atoms with Crippen molar-refractivity contribution >= 4 is 38.8 Å². The van der Waals surface area contributed by atoms with E-state index in [1.54, 1.807) is 6.07 Å². The minimum absolute atomic E-state index is 0.0495. The molecule has 4 aliphatic rings. The number of hydroxylamine groups is 4. The third kappa shape index (κ3) is 20.2. The number of aryl methyl sites for hydroxylation is 1. The van der Waals surface area contributed by atoms with E-state index in [1.165, 1.54) is 91.8 Å². The summed E-state index contributed by atoms with van der Waals surface area (Å²) in [5, 5.41) is 15.9. The summed E-state index contributed by atoms with van der Waals surface area (Å²) in [5.41, 5.74) is 12.7. The molecule has 4 aliphatic heterocycles. The van der Waals surface area contributed by atoms with Crippen molar-refractivity contribution in [2.75, 3.05) is 65.4 Å². The first-order valence-electron chi connectivity index (χ1n) is 26.2. The van der Waals surface area contributed by atoms with Crippen LogP contribution in [0.1, 0.15) is 166 Å². The summed E-state index contributed by atoms with van der Waals surface area (Å²) in [4.78, 5) is 31.7. The molecule has 73 heavy (non-hydrogen) atoms. The van der Waals surface area contributed by atoms with Gasteiger partial charge in [-0.25, -0.2) is 18.0 Å². The number of carbonyl (C=O) groups excluding carboxylic acids is 2. The molecule has 0 saturated carbocycles. The maximum Gasteiger partial charge on any atom is 0.418 e. The van der Waals surface area contributed by atoms with Crippen molar-refractivity contribution in [3.63, 3.8) is 0 Å². The molecular formula is C47H84N12O12S2. The number of aliphatic imine (C=N–C) groups is 1. The van der Waals surface area contributed by atoms with Crippen LogP contribution in [-0.2, 0) is 42.2 Å². The van der Waals surface area contributed by atoms with Gasteiger partial charge in [-0.05, 0) is 71.1 Å². The summed E-state index contributed by atoms with van der Waals surface area (Å²) < 4.78 is 84.2. The van der Waals surface area contributed by atoms with Gasteiger partial charge in [0.05, 0.1) is 56.9 Å². The number of nitrogens with zero attached hydrogens (tertiary/aromatic N) is 8. The minimum Gasteiger partial charge on any atom is -0.724 e. The summed E-state index contributed by atoms with van der Waals surface area (Å²) in [7, 11) is -9.76. The highest BCUT2D eigenvalue weighted by atomic mass is 32.3. The van der Waals surface area contributed by atoms with Crippen LogP contribution in [0, 0.1) is 0 Å². The zero-order chi connectivity index (χ0) is 53.6. The summed E-state index contributed by atoms with van der Waals surface area (Å²) in [6.45, 7) is 24.0. The fraction of sp³-hybridized carbons (Fsp3) is 0.766. The van der Waals surface area contributed by atoms with Crippen LogP contribution in [0.5, 0.6) is 0 Å². The third-order valence-electron chi connectivity index (χ3n) is 13.4. The third-order valence-corrected chi connectivity index (χ3v) is 14.1. The lowest BCUT2D eigenvalue weighted by atomic mass is 9.98. The van der Waals surface area contributed by atoms with Gasteiger partial charge in [0, 0.05) is 63.4 Å². The van der Waals surface area contributed by atoms with E-state index in [-0.39, 0.29) is 31.1 Å². The first-order chi connectivity index (χ1) is 34.7. The first kappa shape index (κ1) is 61.0. The number of hydrogen-bond acceptors (Lipinski definition) is 16. The molecule has 4 atom stereocenters. The van der Waals surface area contributed by atoms with Crippen LogP contribution in [-0.4, -0.2) is 156 Å². The molecule has 24 nitrogen and oxygen atoms in total. The van der Waals surface area contributed by atoms with E-state index >= 15 is 0 Å². The molecule has 416 valence electrons. The smallest absolute Gasteiger partial charge is 0.418 e. The monoisotopic (exact) mass is 1070 g/mol. The Hall–Kier alpha value is -4.57. The van der Waals surface area contributed by atoms with Gasteiger partial charge in [-0.3, -0.25) is 9.55 Å². The second-order valence-corrected chi connectivity index (χ2v) is 21.4. The number of unbranched alkanes of at least 4 members (excludes halogenated alkanes) is 6. The van der Waals surface area contributed by atoms with E-state index in [0.29, 0.717) is 79.0 Å². The van der Waals surface area contributed by atoms with Crippen molar-refractivity contribution in [2.45, 2.75) is 168 Å². The Labute approximate surface area is 432 Å². The van der Waals surface area contributed by atoms with Gasteiger partial charge in [0.2, 0.25) is 10.4 Å². The summed E-state index contributed by atoms with van der Waals surface area (Å²) >= 11 is 0. The van der Waals surface area contributed by atoms with Crippen LogP contribution >= 0.6 is 0 Å². The summed E-state index contributed by atoms with van der Waals surface area (Å²) in [5.74, 6) is 1.46. The number of urea groups is 2. The number of carbonyl (C=O) groups is 2. The van der Waals surface area contributed by atoms with E-state index in [0.717, 1.165) is 43.7 Å². The maximum absolute atomic E-state index is 12.4. The molecule has 0 spiro atoms. The number of amides is 4. The average Bonchev–Trinajstić information content (AvgIpc) is 4.12. The first-order valence-corrected chi connectivity index (χ1v) is 28.9. The Morgan fingerprint density at radius 2 is 1.23 bits per heavy atom. The number of rotatable bonds is 31. The number of hydrogen-bond donors (Lipinski definition) is 5. The number of nitrogens with two attached hydrogens (primary N) is 2. The number of piperidine rings is 2. The van der Waals surface area contributed by atoms with Crippen molar-refractivity contribution in [3.8, 4) is 0 Å². The van der Waals surface area contributed by atoms with Crippen LogP contribution in [0.3, 0.4) is 0 Å². The average molecular weight is 1070 g/mol. The van der Waals surface area contributed by atoms with E-state index in [1.807, 2.05) is 13.0 Å². The van der Waals surface area contributed by atoms with Gasteiger partial charge in [0.15, 0.2) is 5.96 Å². The molecule has 0 unspecified atom stereocenters. The van der Waals surface area contributed by atoms with Crippen molar-refractivity contribution in [3.05, 3.63) is 47.3 Å². The molecule has 4 amide bonds. The Bertz CT molecular complexity index is 2220. The largest absolute Gasteiger partial charge is 0.724 e. The van der Waals surface area contributed by atoms with Gasteiger partial charge < -0.3 is 50.0 Å². The Morgan fingerprint density at radius 1 is 0.753 bits per heavy atom. The molecule has 2 aromatic heterocycles. The predicted molar refractivity (Wildman–Crippen MR) is 273 cm³/mol. The molecule has 6 heterocycles. The SMILES string of the molecule is C=C(C)NCCCCCc1cc([C@@H]2CC[C@@H]3CN2C(=O)N3OS(=O)(=O)[O-])no1.CCCC[N+](CCCC)(CCCC)CCCC.NC(N)=NCCNCCc1cc([C@@H]2CC[C@@H]3CN2C(=O)N3OS(=O)(=O)O)no1. The molecule has 2 aromatic rings. The number of fused-ring (bicyclic) bond motifs is 4.